The lowest BCUT2D eigenvalue weighted by Crippen LogP contribution is -2.45. The molecule has 0 saturated carbocycles. The minimum absolute atomic E-state index is 0.0991. The molecule has 0 saturated heterocycles. The molecule has 1 aliphatic rings. The van der Waals surface area contributed by atoms with E-state index < -0.39 is 6.04 Å². The number of likely N-dealkylation sites (N-methyl/N-ethyl adjacent to an activating group) is 1. The van der Waals surface area contributed by atoms with Gasteiger partial charge in [-0.1, -0.05) is 6.07 Å². The van der Waals surface area contributed by atoms with Crippen LogP contribution in [-0.2, 0) is 16.0 Å². The van der Waals surface area contributed by atoms with Crippen LogP contribution in [0.3, 0.4) is 0 Å². The number of carbonyl (C=O) groups is 2. The number of rotatable bonds is 5. The molecule has 6 nitrogen and oxygen atoms in total. The summed E-state index contributed by atoms with van der Waals surface area (Å²) in [5, 5.41) is 2.72. The number of benzene rings is 1. The van der Waals surface area contributed by atoms with Gasteiger partial charge in [0.1, 0.15) is 19.3 Å². The van der Waals surface area contributed by atoms with Crippen molar-refractivity contribution in [3.05, 3.63) is 23.8 Å². The number of fused-ring (bicyclic) bond motifs is 1. The van der Waals surface area contributed by atoms with Crippen molar-refractivity contribution in [3.63, 3.8) is 0 Å². The van der Waals surface area contributed by atoms with Gasteiger partial charge in [0.15, 0.2) is 11.5 Å². The highest BCUT2D eigenvalue weighted by molar-refractivity contribution is 5.88. The Morgan fingerprint density at radius 1 is 1.27 bits per heavy atom. The van der Waals surface area contributed by atoms with E-state index in [-0.39, 0.29) is 18.2 Å². The van der Waals surface area contributed by atoms with Crippen molar-refractivity contribution in [1.82, 2.24) is 10.2 Å². The molecule has 22 heavy (non-hydrogen) atoms. The molecule has 1 aromatic rings. The van der Waals surface area contributed by atoms with E-state index in [0.29, 0.717) is 31.3 Å². The molecular weight excluding hydrogens is 284 g/mol. The van der Waals surface area contributed by atoms with Crippen LogP contribution in [0, 0.1) is 0 Å². The fourth-order valence-electron chi connectivity index (χ4n) is 2.22. The van der Waals surface area contributed by atoms with Crippen molar-refractivity contribution < 1.29 is 19.1 Å². The summed E-state index contributed by atoms with van der Waals surface area (Å²) in [6.45, 7) is 5.24. The normalized spacial score (nSPS) is 14.1. The summed E-state index contributed by atoms with van der Waals surface area (Å²) < 4.78 is 10.9. The summed E-state index contributed by atoms with van der Waals surface area (Å²) in [7, 11) is 1.71. The number of nitrogens with zero attached hydrogens (tertiary/aromatic N) is 1. The highest BCUT2D eigenvalue weighted by atomic mass is 16.6. The minimum atomic E-state index is -0.533. The summed E-state index contributed by atoms with van der Waals surface area (Å²) in [5.74, 6) is 1.06. The highest BCUT2D eigenvalue weighted by Crippen LogP contribution is 2.30. The lowest BCUT2D eigenvalue weighted by molar-refractivity contribution is -0.134. The SMILES string of the molecule is CCN(C)C(=O)[C@@H](C)NC(=O)Cc1ccc2c(c1)OCCO2. The predicted octanol–water partition coefficient (Wildman–Crippen LogP) is 0.983. The molecule has 1 aliphatic heterocycles. The number of amides is 2. The second-order valence-corrected chi connectivity index (χ2v) is 5.30. The Balaban J connectivity index is 1.93. The van der Waals surface area contributed by atoms with Gasteiger partial charge in [-0.15, -0.1) is 0 Å². The zero-order valence-corrected chi connectivity index (χ0v) is 13.2. The lowest BCUT2D eigenvalue weighted by Gasteiger charge is -2.21. The van der Waals surface area contributed by atoms with Crippen LogP contribution in [0.4, 0.5) is 0 Å². The molecule has 0 radical (unpaired) electrons. The number of nitrogens with one attached hydrogen (secondary N) is 1. The second kappa shape index (κ2) is 7.15. The molecule has 2 amide bonds. The molecule has 0 bridgehead atoms. The Morgan fingerprint density at radius 3 is 2.64 bits per heavy atom. The van der Waals surface area contributed by atoms with Gasteiger partial charge >= 0.3 is 0 Å². The number of ether oxygens (including phenoxy) is 2. The van der Waals surface area contributed by atoms with Crippen molar-refractivity contribution in [2.45, 2.75) is 26.3 Å². The van der Waals surface area contributed by atoms with Crippen LogP contribution in [0.15, 0.2) is 18.2 Å². The second-order valence-electron chi connectivity index (χ2n) is 5.30. The van der Waals surface area contributed by atoms with Crippen LogP contribution in [-0.4, -0.2) is 49.6 Å². The Morgan fingerprint density at radius 2 is 1.95 bits per heavy atom. The van der Waals surface area contributed by atoms with Gasteiger partial charge in [0, 0.05) is 13.6 Å². The summed E-state index contributed by atoms with van der Waals surface area (Å²) >= 11 is 0. The molecule has 1 N–H and O–H groups in total. The van der Waals surface area contributed by atoms with Gasteiger partial charge < -0.3 is 19.7 Å². The summed E-state index contributed by atoms with van der Waals surface area (Å²) in [6.07, 6.45) is 0.199. The maximum Gasteiger partial charge on any atom is 0.244 e. The van der Waals surface area contributed by atoms with Crippen LogP contribution in [0.5, 0.6) is 11.5 Å². The third-order valence-electron chi connectivity index (χ3n) is 3.57. The number of carbonyl (C=O) groups excluding carboxylic acids is 2. The molecular formula is C16H22N2O4. The van der Waals surface area contributed by atoms with Gasteiger partial charge in [-0.2, -0.15) is 0 Å². The van der Waals surface area contributed by atoms with Gasteiger partial charge in [0.25, 0.3) is 0 Å². The average molecular weight is 306 g/mol. The quantitative estimate of drug-likeness (QED) is 0.880. The molecule has 1 heterocycles. The molecule has 2 rings (SSSR count). The minimum Gasteiger partial charge on any atom is -0.486 e. The van der Waals surface area contributed by atoms with Crippen LogP contribution in [0.1, 0.15) is 19.4 Å². The smallest absolute Gasteiger partial charge is 0.244 e. The van der Waals surface area contributed by atoms with Crippen molar-refractivity contribution in [1.29, 1.82) is 0 Å². The van der Waals surface area contributed by atoms with Gasteiger partial charge in [0.2, 0.25) is 11.8 Å². The van der Waals surface area contributed by atoms with Crippen LogP contribution < -0.4 is 14.8 Å². The fourth-order valence-corrected chi connectivity index (χ4v) is 2.22. The van der Waals surface area contributed by atoms with Crippen molar-refractivity contribution in [3.8, 4) is 11.5 Å². The van der Waals surface area contributed by atoms with Crippen LogP contribution >= 0.6 is 0 Å². The summed E-state index contributed by atoms with van der Waals surface area (Å²) in [5.41, 5.74) is 0.824. The summed E-state index contributed by atoms with van der Waals surface area (Å²) in [6, 6.07) is 4.90. The van der Waals surface area contributed by atoms with Crippen molar-refractivity contribution in [2.75, 3.05) is 26.8 Å². The molecule has 120 valence electrons. The molecule has 1 aromatic carbocycles. The van der Waals surface area contributed by atoms with E-state index in [4.69, 9.17) is 9.47 Å². The predicted molar refractivity (Wildman–Crippen MR) is 82.1 cm³/mol. The number of hydrogen-bond acceptors (Lipinski definition) is 4. The first-order valence-electron chi connectivity index (χ1n) is 7.44. The maximum atomic E-state index is 12.1. The topological polar surface area (TPSA) is 67.9 Å². The van der Waals surface area contributed by atoms with Gasteiger partial charge in [0.05, 0.1) is 6.42 Å². The third kappa shape index (κ3) is 3.90. The largest absolute Gasteiger partial charge is 0.486 e. The molecule has 1 atom stereocenters. The Bertz CT molecular complexity index is 559. The van der Waals surface area contributed by atoms with E-state index in [1.807, 2.05) is 13.0 Å². The van der Waals surface area contributed by atoms with E-state index >= 15 is 0 Å². The highest BCUT2D eigenvalue weighted by Gasteiger charge is 2.19. The maximum absolute atomic E-state index is 12.1. The molecule has 0 aliphatic carbocycles. The third-order valence-corrected chi connectivity index (χ3v) is 3.57. The Labute approximate surface area is 130 Å². The first-order valence-corrected chi connectivity index (χ1v) is 7.44. The Hall–Kier alpha value is -2.24. The van der Waals surface area contributed by atoms with Crippen molar-refractivity contribution >= 4 is 11.8 Å². The summed E-state index contributed by atoms with van der Waals surface area (Å²) in [4.78, 5) is 25.6. The van der Waals surface area contributed by atoms with E-state index in [9.17, 15) is 9.59 Å². The Kier molecular flexibility index (Phi) is 5.25. The number of hydrogen-bond donors (Lipinski definition) is 1. The molecule has 0 unspecified atom stereocenters. The monoisotopic (exact) mass is 306 g/mol. The van der Waals surface area contributed by atoms with Crippen LogP contribution in [0.2, 0.25) is 0 Å². The standard InChI is InChI=1S/C16H22N2O4/c1-4-18(3)16(20)11(2)17-15(19)10-12-5-6-13-14(9-12)22-8-7-21-13/h5-6,9,11H,4,7-8,10H2,1-3H3,(H,17,19)/t11-/m1/s1. The first kappa shape index (κ1) is 16.1. The molecule has 0 aromatic heterocycles. The fraction of sp³-hybridized carbons (Fsp3) is 0.500. The van der Waals surface area contributed by atoms with E-state index in [1.165, 1.54) is 0 Å². The van der Waals surface area contributed by atoms with Crippen LogP contribution in [0.25, 0.3) is 0 Å². The zero-order chi connectivity index (χ0) is 16.1. The van der Waals surface area contributed by atoms with Gasteiger partial charge in [-0.05, 0) is 31.5 Å². The van der Waals surface area contributed by atoms with E-state index in [2.05, 4.69) is 5.32 Å². The first-order chi connectivity index (χ1) is 10.5. The van der Waals surface area contributed by atoms with Gasteiger partial charge in [-0.3, -0.25) is 9.59 Å². The van der Waals surface area contributed by atoms with Gasteiger partial charge in [-0.25, -0.2) is 0 Å². The van der Waals surface area contributed by atoms with E-state index in [1.54, 1.807) is 31.0 Å². The molecule has 6 heteroatoms. The van der Waals surface area contributed by atoms with Crippen molar-refractivity contribution in [2.24, 2.45) is 0 Å². The van der Waals surface area contributed by atoms with E-state index in [0.717, 1.165) is 5.56 Å². The average Bonchev–Trinajstić information content (AvgIpc) is 2.53. The molecule has 0 spiro atoms. The lowest BCUT2D eigenvalue weighted by atomic mass is 10.1. The molecule has 0 fully saturated rings. The zero-order valence-electron chi connectivity index (χ0n) is 13.2.